The minimum Gasteiger partial charge on any atom is -0.481 e. The van der Waals surface area contributed by atoms with E-state index in [1.807, 2.05) is 0 Å². The van der Waals surface area contributed by atoms with Crippen LogP contribution >= 0.6 is 11.6 Å². The Morgan fingerprint density at radius 2 is 2.10 bits per heavy atom. The van der Waals surface area contributed by atoms with E-state index in [0.717, 1.165) is 0 Å². The molecule has 20 heavy (non-hydrogen) atoms. The van der Waals surface area contributed by atoms with Gasteiger partial charge in [0.05, 0.1) is 10.8 Å². The van der Waals surface area contributed by atoms with E-state index in [0.29, 0.717) is 30.7 Å². The molecule has 0 aliphatic heterocycles. The summed E-state index contributed by atoms with van der Waals surface area (Å²) < 4.78 is 27.0. The summed E-state index contributed by atoms with van der Waals surface area (Å²) in [4.78, 5) is 11.1. The minimum atomic E-state index is -3.66. The van der Waals surface area contributed by atoms with E-state index in [1.54, 1.807) is 12.1 Å². The molecule has 0 unspecified atom stereocenters. The van der Waals surface area contributed by atoms with E-state index in [9.17, 15) is 13.2 Å². The second-order valence-electron chi connectivity index (χ2n) is 4.98. The molecule has 2 N–H and O–H groups in total. The summed E-state index contributed by atoms with van der Waals surface area (Å²) >= 11 is 5.79. The van der Waals surface area contributed by atoms with Crippen molar-refractivity contribution in [1.82, 2.24) is 4.72 Å². The number of halogens is 1. The predicted octanol–water partition coefficient (Wildman–Crippen LogP) is 2.26. The Bertz CT molecular complexity index is 602. The van der Waals surface area contributed by atoms with Gasteiger partial charge in [0.2, 0.25) is 10.0 Å². The molecule has 110 valence electrons. The van der Waals surface area contributed by atoms with Crippen molar-refractivity contribution in [3.63, 3.8) is 0 Å². The van der Waals surface area contributed by atoms with E-state index in [1.165, 1.54) is 12.1 Å². The van der Waals surface area contributed by atoms with Crippen molar-refractivity contribution in [2.24, 2.45) is 5.92 Å². The van der Waals surface area contributed by atoms with Gasteiger partial charge in [0, 0.05) is 11.1 Å². The van der Waals surface area contributed by atoms with Crippen LogP contribution in [-0.2, 0) is 14.8 Å². The molecule has 0 radical (unpaired) electrons. The molecule has 1 aromatic rings. The number of carboxylic acid groups (broad SMARTS) is 1. The standard InChI is InChI=1S/C13H16ClNO4S/c14-10-4-2-6-12(8-10)20(18,19)15-11-5-1-3-9(7-11)13(16)17/h2,4,6,8-9,11,15H,1,3,5,7H2,(H,16,17)/t9-,11+/m0/s1. The highest BCUT2D eigenvalue weighted by atomic mass is 35.5. The van der Waals surface area contributed by atoms with Crippen LogP contribution in [-0.4, -0.2) is 25.5 Å². The average Bonchev–Trinajstić information content (AvgIpc) is 2.38. The fraction of sp³-hybridized carbons (Fsp3) is 0.462. The summed E-state index contributed by atoms with van der Waals surface area (Å²) in [5, 5.41) is 9.36. The van der Waals surface area contributed by atoms with Gasteiger partial charge < -0.3 is 5.11 Å². The number of hydrogen-bond acceptors (Lipinski definition) is 3. The zero-order chi connectivity index (χ0) is 14.8. The molecule has 1 aliphatic carbocycles. The molecule has 0 saturated heterocycles. The summed E-state index contributed by atoms with van der Waals surface area (Å²) in [6.45, 7) is 0. The average molecular weight is 318 g/mol. The number of carbonyl (C=O) groups is 1. The second-order valence-corrected chi connectivity index (χ2v) is 7.13. The molecule has 0 bridgehead atoms. The van der Waals surface area contributed by atoms with Crippen LogP contribution in [0.3, 0.4) is 0 Å². The maximum absolute atomic E-state index is 12.2. The summed E-state index contributed by atoms with van der Waals surface area (Å²) in [5.74, 6) is -1.34. The van der Waals surface area contributed by atoms with Crippen molar-refractivity contribution in [1.29, 1.82) is 0 Å². The topological polar surface area (TPSA) is 83.5 Å². The number of nitrogens with one attached hydrogen (secondary N) is 1. The fourth-order valence-corrected chi connectivity index (χ4v) is 4.03. The van der Waals surface area contributed by atoms with Gasteiger partial charge in [-0.3, -0.25) is 4.79 Å². The molecule has 0 heterocycles. The van der Waals surface area contributed by atoms with Crippen LogP contribution in [0, 0.1) is 5.92 Å². The van der Waals surface area contributed by atoms with Crippen LogP contribution in [0.25, 0.3) is 0 Å². The fourth-order valence-electron chi connectivity index (χ4n) is 2.44. The van der Waals surface area contributed by atoms with Crippen molar-refractivity contribution in [3.8, 4) is 0 Å². The van der Waals surface area contributed by atoms with Gasteiger partial charge in [0.25, 0.3) is 0 Å². The summed E-state index contributed by atoms with van der Waals surface area (Å²) in [7, 11) is -3.66. The highest BCUT2D eigenvalue weighted by Gasteiger charge is 2.29. The third-order valence-corrected chi connectivity index (χ3v) is 5.20. The molecule has 2 rings (SSSR count). The van der Waals surface area contributed by atoms with E-state index >= 15 is 0 Å². The van der Waals surface area contributed by atoms with Gasteiger partial charge in [-0.1, -0.05) is 24.1 Å². The third kappa shape index (κ3) is 3.71. The van der Waals surface area contributed by atoms with E-state index in [-0.39, 0.29) is 10.9 Å². The highest BCUT2D eigenvalue weighted by Crippen LogP contribution is 2.26. The van der Waals surface area contributed by atoms with Gasteiger partial charge in [-0.25, -0.2) is 13.1 Å². The van der Waals surface area contributed by atoms with Crippen LogP contribution in [0.15, 0.2) is 29.2 Å². The first-order chi connectivity index (χ1) is 9.38. The smallest absolute Gasteiger partial charge is 0.306 e. The van der Waals surface area contributed by atoms with Crippen molar-refractivity contribution >= 4 is 27.6 Å². The van der Waals surface area contributed by atoms with Gasteiger partial charge in [-0.15, -0.1) is 0 Å². The van der Waals surface area contributed by atoms with Crippen LogP contribution < -0.4 is 4.72 Å². The van der Waals surface area contributed by atoms with Crippen molar-refractivity contribution in [2.45, 2.75) is 36.6 Å². The van der Waals surface area contributed by atoms with Gasteiger partial charge in [-0.2, -0.15) is 0 Å². The molecule has 1 saturated carbocycles. The Balaban J connectivity index is 2.10. The maximum Gasteiger partial charge on any atom is 0.306 e. The van der Waals surface area contributed by atoms with E-state index < -0.39 is 21.9 Å². The summed E-state index contributed by atoms with van der Waals surface area (Å²) in [6, 6.07) is 5.67. The first-order valence-corrected chi connectivity index (χ1v) is 8.25. The number of sulfonamides is 1. The Morgan fingerprint density at radius 1 is 1.35 bits per heavy atom. The molecule has 5 nitrogen and oxygen atoms in total. The van der Waals surface area contributed by atoms with Crippen LogP contribution in [0.5, 0.6) is 0 Å². The molecule has 1 fully saturated rings. The number of benzene rings is 1. The maximum atomic E-state index is 12.2. The zero-order valence-corrected chi connectivity index (χ0v) is 12.3. The third-order valence-electron chi connectivity index (χ3n) is 3.45. The van der Waals surface area contributed by atoms with Crippen molar-refractivity contribution in [2.75, 3.05) is 0 Å². The van der Waals surface area contributed by atoms with Crippen molar-refractivity contribution < 1.29 is 18.3 Å². The molecule has 0 aromatic heterocycles. The first-order valence-electron chi connectivity index (χ1n) is 6.39. The Morgan fingerprint density at radius 3 is 2.75 bits per heavy atom. The largest absolute Gasteiger partial charge is 0.481 e. The quantitative estimate of drug-likeness (QED) is 0.892. The van der Waals surface area contributed by atoms with Crippen molar-refractivity contribution in [3.05, 3.63) is 29.3 Å². The Kier molecular flexibility index (Phi) is 4.67. The number of rotatable bonds is 4. The van der Waals surface area contributed by atoms with Crippen LogP contribution in [0.2, 0.25) is 5.02 Å². The lowest BCUT2D eigenvalue weighted by molar-refractivity contribution is -0.143. The lowest BCUT2D eigenvalue weighted by Crippen LogP contribution is -2.39. The molecular formula is C13H16ClNO4S. The molecular weight excluding hydrogens is 302 g/mol. The van der Waals surface area contributed by atoms with Gasteiger partial charge >= 0.3 is 5.97 Å². The lowest BCUT2D eigenvalue weighted by atomic mass is 9.86. The minimum absolute atomic E-state index is 0.0995. The van der Waals surface area contributed by atoms with E-state index in [2.05, 4.69) is 4.72 Å². The molecule has 0 spiro atoms. The SMILES string of the molecule is O=C(O)[C@H]1CCC[C@@H](NS(=O)(=O)c2cccc(Cl)c2)C1. The van der Waals surface area contributed by atoms with Gasteiger partial charge in [0.15, 0.2) is 0 Å². The molecule has 7 heteroatoms. The second kappa shape index (κ2) is 6.11. The monoisotopic (exact) mass is 317 g/mol. The normalized spacial score (nSPS) is 23.4. The van der Waals surface area contributed by atoms with Gasteiger partial charge in [0.1, 0.15) is 0 Å². The van der Waals surface area contributed by atoms with E-state index in [4.69, 9.17) is 16.7 Å². The highest BCUT2D eigenvalue weighted by molar-refractivity contribution is 7.89. The Hall–Kier alpha value is -1.11. The summed E-state index contributed by atoms with van der Waals surface area (Å²) in [6.07, 6.45) is 2.29. The number of aliphatic carboxylic acids is 1. The van der Waals surface area contributed by atoms with Crippen LogP contribution in [0.4, 0.5) is 0 Å². The Labute approximate surface area is 123 Å². The van der Waals surface area contributed by atoms with Crippen LogP contribution in [0.1, 0.15) is 25.7 Å². The number of carboxylic acids is 1. The molecule has 2 atom stereocenters. The summed E-state index contributed by atoms with van der Waals surface area (Å²) in [5.41, 5.74) is 0. The first kappa shape index (κ1) is 15.3. The molecule has 1 aromatic carbocycles. The zero-order valence-electron chi connectivity index (χ0n) is 10.8. The lowest BCUT2D eigenvalue weighted by Gasteiger charge is -2.27. The number of hydrogen-bond donors (Lipinski definition) is 2. The predicted molar refractivity (Wildman–Crippen MR) is 75.2 cm³/mol. The molecule has 1 aliphatic rings. The molecule has 0 amide bonds. The van der Waals surface area contributed by atoms with Gasteiger partial charge in [-0.05, 0) is 37.5 Å².